The zero-order valence-corrected chi connectivity index (χ0v) is 17.4. The van der Waals surface area contributed by atoms with E-state index in [1.807, 2.05) is 13.8 Å². The van der Waals surface area contributed by atoms with Gasteiger partial charge in [0.15, 0.2) is 0 Å². The van der Waals surface area contributed by atoms with Crippen LogP contribution < -0.4 is 16.2 Å². The number of rotatable bonds is 7. The van der Waals surface area contributed by atoms with E-state index in [9.17, 15) is 18.8 Å². The summed E-state index contributed by atoms with van der Waals surface area (Å²) in [5, 5.41) is 5.66. The average molecular weight is 413 g/mol. The van der Waals surface area contributed by atoms with Gasteiger partial charge in [-0.15, -0.1) is 0 Å². The molecule has 7 heteroatoms. The maximum absolute atomic E-state index is 14.1. The van der Waals surface area contributed by atoms with Gasteiger partial charge < -0.3 is 15.2 Å². The number of nitrogens with zero attached hydrogens (tertiary/aromatic N) is 1. The summed E-state index contributed by atoms with van der Waals surface area (Å²) < 4.78 is 15.4. The molecular weight excluding hydrogens is 385 g/mol. The standard InChI is InChI=1S/C23H28FN3O3/c1-23(2,18-11-5-6-12-19(18)24)15-25-21(29)17-10-7-13-27(22(17)30)14-20(28)26-16-8-3-4-9-16/h5-7,10-13,16H,3-4,8-9,14-15H2,1-2H3,(H,25,29)(H,26,28). The molecule has 0 unspecified atom stereocenters. The molecule has 0 saturated heterocycles. The van der Waals surface area contributed by atoms with Gasteiger partial charge in [0, 0.05) is 24.2 Å². The Morgan fingerprint density at radius 2 is 1.83 bits per heavy atom. The normalized spacial score (nSPS) is 14.5. The van der Waals surface area contributed by atoms with Crippen LogP contribution in [0.1, 0.15) is 55.5 Å². The number of carbonyl (C=O) groups is 2. The van der Waals surface area contributed by atoms with Crippen LogP contribution in [-0.4, -0.2) is 29.0 Å². The van der Waals surface area contributed by atoms with Crippen LogP contribution in [0.3, 0.4) is 0 Å². The number of pyridine rings is 1. The predicted octanol–water partition coefficient (Wildman–Crippen LogP) is 2.75. The third-order valence-corrected chi connectivity index (χ3v) is 5.59. The molecule has 1 heterocycles. The molecule has 0 bridgehead atoms. The molecule has 1 aliphatic rings. The molecule has 160 valence electrons. The lowest BCUT2D eigenvalue weighted by molar-refractivity contribution is -0.122. The highest BCUT2D eigenvalue weighted by molar-refractivity contribution is 5.93. The van der Waals surface area contributed by atoms with Crippen LogP contribution in [0, 0.1) is 5.82 Å². The van der Waals surface area contributed by atoms with Crippen LogP contribution in [0.4, 0.5) is 4.39 Å². The predicted molar refractivity (Wildman–Crippen MR) is 113 cm³/mol. The van der Waals surface area contributed by atoms with Crippen LogP contribution in [0.2, 0.25) is 0 Å². The second-order valence-corrected chi connectivity index (χ2v) is 8.45. The van der Waals surface area contributed by atoms with Gasteiger partial charge in [-0.1, -0.05) is 44.9 Å². The van der Waals surface area contributed by atoms with Crippen LogP contribution in [0.15, 0.2) is 47.4 Å². The number of aromatic nitrogens is 1. The molecule has 2 aromatic rings. The van der Waals surface area contributed by atoms with Gasteiger partial charge in [0.1, 0.15) is 17.9 Å². The number of amides is 2. The lowest BCUT2D eigenvalue weighted by atomic mass is 9.84. The summed E-state index contributed by atoms with van der Waals surface area (Å²) in [7, 11) is 0. The number of nitrogens with one attached hydrogen (secondary N) is 2. The molecule has 0 aliphatic heterocycles. The Kier molecular flexibility index (Phi) is 6.70. The van der Waals surface area contributed by atoms with Crippen LogP contribution in [0.25, 0.3) is 0 Å². The Hall–Kier alpha value is -2.96. The van der Waals surface area contributed by atoms with E-state index in [1.54, 1.807) is 24.3 Å². The van der Waals surface area contributed by atoms with Gasteiger partial charge in [0.05, 0.1) is 0 Å². The van der Waals surface area contributed by atoms with E-state index in [0.717, 1.165) is 25.7 Å². The third kappa shape index (κ3) is 5.14. The molecule has 3 rings (SSSR count). The van der Waals surface area contributed by atoms with Gasteiger partial charge in [-0.2, -0.15) is 0 Å². The molecule has 1 aromatic heterocycles. The average Bonchev–Trinajstić information content (AvgIpc) is 3.21. The lowest BCUT2D eigenvalue weighted by Crippen LogP contribution is -2.41. The quantitative estimate of drug-likeness (QED) is 0.733. The van der Waals surface area contributed by atoms with Gasteiger partial charge in [-0.05, 0) is 36.6 Å². The summed E-state index contributed by atoms with van der Waals surface area (Å²) in [6.07, 6.45) is 5.62. The number of hydrogen-bond acceptors (Lipinski definition) is 3. The second-order valence-electron chi connectivity index (χ2n) is 8.45. The summed E-state index contributed by atoms with van der Waals surface area (Å²) in [5.41, 5.74) is -0.745. The van der Waals surface area contributed by atoms with Crippen molar-refractivity contribution in [3.8, 4) is 0 Å². The molecule has 2 amide bonds. The summed E-state index contributed by atoms with van der Waals surface area (Å²) in [5.74, 6) is -1.12. The minimum Gasteiger partial charge on any atom is -0.352 e. The zero-order chi connectivity index (χ0) is 21.7. The third-order valence-electron chi connectivity index (χ3n) is 5.59. The van der Waals surface area contributed by atoms with E-state index in [2.05, 4.69) is 10.6 Å². The lowest BCUT2D eigenvalue weighted by Gasteiger charge is -2.26. The Balaban J connectivity index is 1.66. The SMILES string of the molecule is CC(C)(CNC(=O)c1cccn(CC(=O)NC2CCCC2)c1=O)c1ccccc1F. The fourth-order valence-corrected chi connectivity index (χ4v) is 3.83. The first kappa shape index (κ1) is 21.7. The molecule has 30 heavy (non-hydrogen) atoms. The molecule has 1 aliphatic carbocycles. The Bertz CT molecular complexity index is 978. The molecule has 0 atom stereocenters. The van der Waals surface area contributed by atoms with Crippen LogP contribution >= 0.6 is 0 Å². The molecule has 1 saturated carbocycles. The summed E-state index contributed by atoms with van der Waals surface area (Å²) >= 11 is 0. The number of benzene rings is 1. The Morgan fingerprint density at radius 3 is 2.53 bits per heavy atom. The molecule has 0 radical (unpaired) electrons. The minimum atomic E-state index is -0.657. The van der Waals surface area contributed by atoms with Crippen molar-refractivity contribution < 1.29 is 14.0 Å². The van der Waals surface area contributed by atoms with Crippen LogP contribution in [0.5, 0.6) is 0 Å². The minimum absolute atomic E-state index is 0.0458. The fraction of sp³-hybridized carbons (Fsp3) is 0.435. The van der Waals surface area contributed by atoms with Crippen molar-refractivity contribution in [2.24, 2.45) is 0 Å². The summed E-state index contributed by atoms with van der Waals surface area (Å²) in [6, 6.07) is 9.59. The van der Waals surface area contributed by atoms with Crippen molar-refractivity contribution in [2.45, 2.75) is 57.5 Å². The maximum atomic E-state index is 14.1. The van der Waals surface area contributed by atoms with Crippen molar-refractivity contribution in [3.63, 3.8) is 0 Å². The van der Waals surface area contributed by atoms with E-state index < -0.39 is 16.9 Å². The maximum Gasteiger partial charge on any atom is 0.263 e. The topological polar surface area (TPSA) is 80.2 Å². The molecule has 0 spiro atoms. The highest BCUT2D eigenvalue weighted by Crippen LogP contribution is 2.24. The van der Waals surface area contributed by atoms with Crippen molar-refractivity contribution in [1.82, 2.24) is 15.2 Å². The van der Waals surface area contributed by atoms with Crippen LogP contribution in [-0.2, 0) is 16.8 Å². The highest BCUT2D eigenvalue weighted by Gasteiger charge is 2.25. The van der Waals surface area contributed by atoms with Gasteiger partial charge in [0.2, 0.25) is 5.91 Å². The summed E-state index contributed by atoms with van der Waals surface area (Å²) in [6.45, 7) is 3.67. The molecule has 6 nitrogen and oxygen atoms in total. The van der Waals surface area contributed by atoms with Crippen molar-refractivity contribution in [1.29, 1.82) is 0 Å². The largest absolute Gasteiger partial charge is 0.352 e. The van der Waals surface area contributed by atoms with Crippen molar-refractivity contribution >= 4 is 11.8 Å². The van der Waals surface area contributed by atoms with E-state index in [0.29, 0.717) is 5.56 Å². The summed E-state index contributed by atoms with van der Waals surface area (Å²) in [4.78, 5) is 37.6. The second kappa shape index (κ2) is 9.24. The van der Waals surface area contributed by atoms with Gasteiger partial charge >= 0.3 is 0 Å². The molecule has 1 fully saturated rings. The smallest absolute Gasteiger partial charge is 0.263 e. The van der Waals surface area contributed by atoms with Gasteiger partial charge in [-0.3, -0.25) is 14.4 Å². The van der Waals surface area contributed by atoms with E-state index in [-0.39, 0.29) is 36.4 Å². The van der Waals surface area contributed by atoms with Crippen molar-refractivity contribution in [2.75, 3.05) is 6.54 Å². The zero-order valence-electron chi connectivity index (χ0n) is 17.4. The van der Waals surface area contributed by atoms with Gasteiger partial charge in [0.25, 0.3) is 11.5 Å². The van der Waals surface area contributed by atoms with Crippen molar-refractivity contribution in [3.05, 3.63) is 69.9 Å². The number of carbonyl (C=O) groups excluding carboxylic acids is 2. The molecule has 1 aromatic carbocycles. The van der Waals surface area contributed by atoms with Gasteiger partial charge in [-0.25, -0.2) is 4.39 Å². The first-order valence-electron chi connectivity index (χ1n) is 10.3. The highest BCUT2D eigenvalue weighted by atomic mass is 19.1. The number of halogens is 1. The van der Waals surface area contributed by atoms with E-state index >= 15 is 0 Å². The Labute approximate surface area is 175 Å². The molecular formula is C23H28FN3O3. The van der Waals surface area contributed by atoms with E-state index in [1.165, 1.54) is 22.9 Å². The number of hydrogen-bond donors (Lipinski definition) is 2. The Morgan fingerprint density at radius 1 is 1.13 bits per heavy atom. The first-order chi connectivity index (χ1) is 14.3. The monoisotopic (exact) mass is 413 g/mol. The fourth-order valence-electron chi connectivity index (χ4n) is 3.83. The first-order valence-corrected chi connectivity index (χ1v) is 10.3. The molecule has 2 N–H and O–H groups in total. The van der Waals surface area contributed by atoms with E-state index in [4.69, 9.17) is 0 Å².